The van der Waals surface area contributed by atoms with E-state index in [1.807, 2.05) is 49.4 Å². The highest BCUT2D eigenvalue weighted by atomic mass is 35.5. The average Bonchev–Trinajstić information content (AvgIpc) is 3.23. The van der Waals surface area contributed by atoms with E-state index in [4.69, 9.17) is 11.6 Å². The maximum Gasteiger partial charge on any atom is 0.258 e. The fraction of sp³-hybridized carbons (Fsp3) is 0.348. The minimum atomic E-state index is -0.530. The molecule has 0 saturated heterocycles. The molecular formula is C23H24ClN3O2. The van der Waals surface area contributed by atoms with Gasteiger partial charge in [-0.15, -0.1) is 0 Å². The van der Waals surface area contributed by atoms with Crippen LogP contribution >= 0.6 is 11.6 Å². The zero-order chi connectivity index (χ0) is 20.4. The number of hydrogen-bond donors (Lipinski definition) is 1. The molecule has 4 rings (SSSR count). The molecule has 0 aliphatic heterocycles. The number of fused-ring (bicyclic) bond motifs is 1. The topological polar surface area (TPSA) is 66.1 Å². The van der Waals surface area contributed by atoms with Gasteiger partial charge in [-0.1, -0.05) is 48.7 Å². The lowest BCUT2D eigenvalue weighted by Crippen LogP contribution is -2.45. The van der Waals surface area contributed by atoms with Gasteiger partial charge in [0.25, 0.3) is 5.56 Å². The Morgan fingerprint density at radius 3 is 2.52 bits per heavy atom. The molecule has 1 heterocycles. The number of hydrogen-bond acceptors (Lipinski definition) is 3. The molecule has 0 spiro atoms. The van der Waals surface area contributed by atoms with Gasteiger partial charge in [0.1, 0.15) is 5.82 Å². The van der Waals surface area contributed by atoms with Crippen molar-refractivity contribution in [3.05, 3.63) is 75.3 Å². The predicted molar refractivity (Wildman–Crippen MR) is 115 cm³/mol. The highest BCUT2D eigenvalue weighted by Gasteiger charge is 2.44. The van der Waals surface area contributed by atoms with Crippen LogP contribution in [0.3, 0.4) is 0 Å². The fourth-order valence-electron chi connectivity index (χ4n) is 4.39. The second kappa shape index (κ2) is 7.99. The van der Waals surface area contributed by atoms with Crippen LogP contribution < -0.4 is 5.56 Å². The van der Waals surface area contributed by atoms with Crippen molar-refractivity contribution >= 4 is 28.4 Å². The third kappa shape index (κ3) is 3.67. The molecule has 29 heavy (non-hydrogen) atoms. The number of nitrogens with zero attached hydrogens (tertiary/aromatic N) is 2. The molecule has 1 aliphatic carbocycles. The largest absolute Gasteiger partial charge is 0.335 e. The second-order valence-electron chi connectivity index (χ2n) is 7.65. The summed E-state index contributed by atoms with van der Waals surface area (Å²) >= 11 is 6.07. The maximum atomic E-state index is 13.7. The van der Waals surface area contributed by atoms with E-state index in [0.717, 1.165) is 31.2 Å². The third-order valence-electron chi connectivity index (χ3n) is 5.93. The smallest absolute Gasteiger partial charge is 0.258 e. The minimum Gasteiger partial charge on any atom is -0.335 e. The molecule has 1 amide bonds. The van der Waals surface area contributed by atoms with E-state index < -0.39 is 5.41 Å². The molecule has 1 fully saturated rings. The molecule has 1 aliphatic rings. The molecule has 0 bridgehead atoms. The molecule has 1 aromatic heterocycles. The number of nitrogens with one attached hydrogen (secondary N) is 1. The Labute approximate surface area is 174 Å². The molecule has 5 nitrogen and oxygen atoms in total. The van der Waals surface area contributed by atoms with Gasteiger partial charge in [-0.3, -0.25) is 9.59 Å². The summed E-state index contributed by atoms with van der Waals surface area (Å²) in [7, 11) is 0. The van der Waals surface area contributed by atoms with Gasteiger partial charge in [-0.05, 0) is 49.6 Å². The van der Waals surface area contributed by atoms with Gasteiger partial charge in [0, 0.05) is 11.6 Å². The number of rotatable bonds is 5. The monoisotopic (exact) mass is 409 g/mol. The van der Waals surface area contributed by atoms with Crippen molar-refractivity contribution in [2.24, 2.45) is 0 Å². The van der Waals surface area contributed by atoms with Gasteiger partial charge in [-0.2, -0.15) is 0 Å². The van der Waals surface area contributed by atoms with Crippen LogP contribution in [-0.2, 0) is 16.8 Å². The van der Waals surface area contributed by atoms with E-state index in [1.54, 1.807) is 11.0 Å². The van der Waals surface area contributed by atoms with Gasteiger partial charge in [-0.25, -0.2) is 4.98 Å². The van der Waals surface area contributed by atoms with Gasteiger partial charge in [0.2, 0.25) is 5.91 Å². The van der Waals surface area contributed by atoms with Gasteiger partial charge in [0.15, 0.2) is 0 Å². The second-order valence-corrected chi connectivity index (χ2v) is 8.08. The number of halogens is 1. The first-order chi connectivity index (χ1) is 14.0. The van der Waals surface area contributed by atoms with E-state index in [2.05, 4.69) is 9.97 Å². The van der Waals surface area contributed by atoms with Crippen LogP contribution in [0.5, 0.6) is 0 Å². The van der Waals surface area contributed by atoms with Crippen LogP contribution in [-0.4, -0.2) is 27.3 Å². The molecular weight excluding hydrogens is 386 g/mol. The summed E-state index contributed by atoms with van der Waals surface area (Å²) in [5, 5.41) is 1.22. The van der Waals surface area contributed by atoms with Crippen molar-refractivity contribution < 1.29 is 4.79 Å². The molecule has 2 aromatic carbocycles. The number of para-hydroxylation sites is 1. The lowest BCUT2D eigenvalue weighted by atomic mass is 9.77. The summed E-state index contributed by atoms with van der Waals surface area (Å²) < 4.78 is 0. The van der Waals surface area contributed by atoms with E-state index in [-0.39, 0.29) is 18.0 Å². The normalized spacial score (nSPS) is 15.5. The highest BCUT2D eigenvalue weighted by molar-refractivity contribution is 6.30. The molecule has 1 N–H and O–H groups in total. The number of aromatic nitrogens is 2. The highest BCUT2D eigenvalue weighted by Crippen LogP contribution is 2.43. The predicted octanol–water partition coefficient (Wildman–Crippen LogP) is 4.44. The fourth-order valence-corrected chi connectivity index (χ4v) is 4.52. The number of benzene rings is 2. The zero-order valence-corrected chi connectivity index (χ0v) is 17.2. The molecule has 0 atom stereocenters. The van der Waals surface area contributed by atoms with Gasteiger partial charge in [0.05, 0.1) is 22.9 Å². The summed E-state index contributed by atoms with van der Waals surface area (Å²) in [6, 6.07) is 14.9. The summed E-state index contributed by atoms with van der Waals surface area (Å²) in [5.74, 6) is 0.601. The van der Waals surface area contributed by atoms with Crippen LogP contribution in [0.1, 0.15) is 44.0 Å². The quantitative estimate of drug-likeness (QED) is 0.677. The van der Waals surface area contributed by atoms with E-state index in [9.17, 15) is 9.59 Å². The van der Waals surface area contributed by atoms with Crippen molar-refractivity contribution in [2.75, 3.05) is 6.54 Å². The van der Waals surface area contributed by atoms with Crippen molar-refractivity contribution in [1.29, 1.82) is 0 Å². The lowest BCUT2D eigenvalue weighted by molar-refractivity contribution is -0.138. The summed E-state index contributed by atoms with van der Waals surface area (Å²) in [6.07, 6.45) is 3.70. The molecule has 150 valence electrons. The number of H-pyrrole nitrogens is 1. The first-order valence-electron chi connectivity index (χ1n) is 10.1. The Bertz CT molecular complexity index is 1090. The van der Waals surface area contributed by atoms with Crippen LogP contribution in [0.4, 0.5) is 0 Å². The Hall–Kier alpha value is -2.66. The van der Waals surface area contributed by atoms with Crippen LogP contribution in [0.2, 0.25) is 5.02 Å². The molecule has 1 saturated carbocycles. The van der Waals surface area contributed by atoms with E-state index >= 15 is 0 Å². The first kappa shape index (κ1) is 19.6. The van der Waals surface area contributed by atoms with Crippen LogP contribution in [0.15, 0.2) is 53.3 Å². The first-order valence-corrected chi connectivity index (χ1v) is 10.4. The Morgan fingerprint density at radius 2 is 1.83 bits per heavy atom. The average molecular weight is 410 g/mol. The number of carbonyl (C=O) groups excluding carboxylic acids is 1. The standard InChI is InChI=1S/C23H24ClN3O2/c1-2-27(15-20-25-19-8-4-3-7-18(19)21(28)26-20)22(29)23(13-5-6-14-23)16-9-11-17(24)12-10-16/h3-4,7-12H,2,5-6,13-15H2,1H3,(H,25,26,28). The summed E-state index contributed by atoms with van der Waals surface area (Å²) in [5.41, 5.74) is 0.950. The SMILES string of the molecule is CCN(Cc1nc2ccccc2c(=O)[nH]1)C(=O)C1(c2ccc(Cl)cc2)CCCC1. The minimum absolute atomic E-state index is 0.0932. The molecule has 6 heteroatoms. The van der Waals surface area contributed by atoms with Gasteiger partial charge < -0.3 is 9.88 Å². The van der Waals surface area contributed by atoms with Crippen molar-refractivity contribution in [3.63, 3.8) is 0 Å². The third-order valence-corrected chi connectivity index (χ3v) is 6.19. The molecule has 3 aromatic rings. The Balaban J connectivity index is 1.67. The van der Waals surface area contributed by atoms with Gasteiger partial charge >= 0.3 is 0 Å². The summed E-state index contributed by atoms with van der Waals surface area (Å²) in [4.78, 5) is 35.3. The number of aromatic amines is 1. The Morgan fingerprint density at radius 1 is 1.14 bits per heavy atom. The van der Waals surface area contributed by atoms with E-state index in [0.29, 0.717) is 28.3 Å². The zero-order valence-electron chi connectivity index (χ0n) is 16.5. The van der Waals surface area contributed by atoms with Crippen molar-refractivity contribution in [1.82, 2.24) is 14.9 Å². The number of amides is 1. The van der Waals surface area contributed by atoms with Crippen molar-refractivity contribution in [2.45, 2.75) is 44.6 Å². The molecule has 0 unspecified atom stereocenters. The summed E-state index contributed by atoms with van der Waals surface area (Å²) in [6.45, 7) is 2.79. The van der Waals surface area contributed by atoms with E-state index in [1.165, 1.54) is 0 Å². The Kier molecular flexibility index (Phi) is 5.41. The van der Waals surface area contributed by atoms with Crippen LogP contribution in [0.25, 0.3) is 10.9 Å². The molecule has 0 radical (unpaired) electrons. The number of carbonyl (C=O) groups is 1. The van der Waals surface area contributed by atoms with Crippen LogP contribution in [0, 0.1) is 0 Å². The maximum absolute atomic E-state index is 13.7. The lowest BCUT2D eigenvalue weighted by Gasteiger charge is -2.34. The van der Waals surface area contributed by atoms with Crippen molar-refractivity contribution in [3.8, 4) is 0 Å². The number of likely N-dealkylation sites (N-methyl/N-ethyl adjacent to an activating group) is 1.